The van der Waals surface area contributed by atoms with Crippen molar-refractivity contribution in [2.75, 3.05) is 13.1 Å². The van der Waals surface area contributed by atoms with Gasteiger partial charge < -0.3 is 22.1 Å². The van der Waals surface area contributed by atoms with Gasteiger partial charge in [0.05, 0.1) is 13.1 Å². The number of primary amides is 2. The van der Waals surface area contributed by atoms with Crippen LogP contribution >= 0.6 is 0 Å². The first-order valence-electron chi connectivity index (χ1n) is 6.46. The highest BCUT2D eigenvalue weighted by molar-refractivity contribution is 5.88. The normalized spacial score (nSPS) is 17.7. The van der Waals surface area contributed by atoms with Crippen molar-refractivity contribution in [3.63, 3.8) is 0 Å². The van der Waals surface area contributed by atoms with Crippen LogP contribution in [0.5, 0.6) is 0 Å². The molecule has 0 aromatic carbocycles. The fourth-order valence-corrected chi connectivity index (χ4v) is 2.45. The molecule has 7 heteroatoms. The average Bonchev–Trinajstić information content (AvgIpc) is 2.27. The largest absolute Gasteiger partial charge is 0.368 e. The molecule has 7 nitrogen and oxygen atoms in total. The van der Waals surface area contributed by atoms with Gasteiger partial charge in [-0.2, -0.15) is 0 Å². The molecule has 6 N–H and O–H groups in total. The van der Waals surface area contributed by atoms with Gasteiger partial charge in [-0.05, 0) is 12.8 Å². The molecule has 1 fully saturated rings. The van der Waals surface area contributed by atoms with Crippen LogP contribution in [-0.2, 0) is 14.4 Å². The quantitative estimate of drug-likeness (QED) is 0.561. The van der Waals surface area contributed by atoms with Crippen molar-refractivity contribution in [1.82, 2.24) is 4.90 Å². The minimum absolute atomic E-state index is 0.119. The summed E-state index contributed by atoms with van der Waals surface area (Å²) in [5.74, 6) is -1.70. The Morgan fingerprint density at radius 3 is 1.84 bits per heavy atom. The topological polar surface area (TPSA) is 133 Å². The molecule has 0 radical (unpaired) electrons. The maximum Gasteiger partial charge on any atom is 0.237 e. The molecule has 0 unspecified atom stereocenters. The third-order valence-electron chi connectivity index (χ3n) is 3.40. The molecule has 3 amide bonds. The molecule has 0 heterocycles. The number of hydrogen-bond acceptors (Lipinski definition) is 4. The van der Waals surface area contributed by atoms with E-state index < -0.39 is 17.4 Å². The summed E-state index contributed by atoms with van der Waals surface area (Å²) in [7, 11) is 0. The average molecular weight is 270 g/mol. The van der Waals surface area contributed by atoms with Crippen LogP contribution in [0.25, 0.3) is 0 Å². The molecule has 0 spiro atoms. The van der Waals surface area contributed by atoms with Gasteiger partial charge >= 0.3 is 0 Å². The minimum atomic E-state index is -0.677. The van der Waals surface area contributed by atoms with E-state index in [1.807, 2.05) is 0 Å². The molecule has 0 saturated heterocycles. The second-order valence-corrected chi connectivity index (χ2v) is 5.28. The summed E-state index contributed by atoms with van der Waals surface area (Å²) in [6.07, 6.45) is 4.79. The first-order valence-corrected chi connectivity index (χ1v) is 6.46. The molecule has 19 heavy (non-hydrogen) atoms. The predicted molar refractivity (Wildman–Crippen MR) is 69.6 cm³/mol. The smallest absolute Gasteiger partial charge is 0.237 e. The molecular weight excluding hydrogens is 248 g/mol. The number of nitrogens with two attached hydrogens (primary N) is 3. The van der Waals surface area contributed by atoms with Gasteiger partial charge in [0.2, 0.25) is 17.7 Å². The fourth-order valence-electron chi connectivity index (χ4n) is 2.45. The second kappa shape index (κ2) is 6.51. The first-order chi connectivity index (χ1) is 8.82. The number of carbonyl (C=O) groups is 3. The van der Waals surface area contributed by atoms with Crippen LogP contribution in [0.4, 0.5) is 0 Å². The van der Waals surface area contributed by atoms with Crippen LogP contribution < -0.4 is 17.2 Å². The van der Waals surface area contributed by atoms with E-state index in [2.05, 4.69) is 0 Å². The highest BCUT2D eigenvalue weighted by Crippen LogP contribution is 2.29. The number of rotatable bonds is 6. The van der Waals surface area contributed by atoms with Gasteiger partial charge in [0.25, 0.3) is 0 Å². The van der Waals surface area contributed by atoms with Crippen molar-refractivity contribution in [2.24, 2.45) is 17.2 Å². The summed E-state index contributed by atoms with van der Waals surface area (Å²) in [5.41, 5.74) is 15.8. The first kappa shape index (κ1) is 15.4. The fraction of sp³-hybridized carbons (Fsp3) is 0.750. The summed E-state index contributed by atoms with van der Waals surface area (Å²) >= 11 is 0. The molecule has 0 bridgehead atoms. The molecular formula is C12H22N4O3. The van der Waals surface area contributed by atoms with Crippen molar-refractivity contribution in [1.29, 1.82) is 0 Å². The van der Waals surface area contributed by atoms with E-state index in [0.717, 1.165) is 37.0 Å². The van der Waals surface area contributed by atoms with Gasteiger partial charge in [0.15, 0.2) is 0 Å². The van der Waals surface area contributed by atoms with Crippen LogP contribution in [0, 0.1) is 0 Å². The molecule has 0 aromatic rings. The van der Waals surface area contributed by atoms with Crippen LogP contribution in [0.3, 0.4) is 0 Å². The van der Waals surface area contributed by atoms with E-state index in [0.29, 0.717) is 0 Å². The molecule has 0 aliphatic heterocycles. The van der Waals surface area contributed by atoms with Crippen LogP contribution in [0.2, 0.25) is 0 Å². The standard InChI is InChI=1S/C12H22N4O3/c13-9(17)7-16(8-10(14)18)11(19)6-12(15)4-2-1-3-5-12/h1-8,15H2,(H2,13,17)(H2,14,18). The van der Waals surface area contributed by atoms with E-state index in [1.54, 1.807) is 0 Å². The van der Waals surface area contributed by atoms with Crippen molar-refractivity contribution < 1.29 is 14.4 Å². The number of nitrogens with zero attached hydrogens (tertiary/aromatic N) is 1. The Morgan fingerprint density at radius 2 is 1.42 bits per heavy atom. The number of carbonyl (C=O) groups excluding carboxylic acids is 3. The lowest BCUT2D eigenvalue weighted by atomic mass is 9.80. The molecule has 108 valence electrons. The summed E-state index contributed by atoms with van der Waals surface area (Å²) in [5, 5.41) is 0. The van der Waals surface area contributed by atoms with E-state index in [1.165, 1.54) is 0 Å². The van der Waals surface area contributed by atoms with E-state index in [4.69, 9.17) is 17.2 Å². The monoisotopic (exact) mass is 270 g/mol. The zero-order valence-corrected chi connectivity index (χ0v) is 11.1. The third kappa shape index (κ3) is 5.25. The number of hydrogen-bond donors (Lipinski definition) is 3. The molecule has 0 atom stereocenters. The lowest BCUT2D eigenvalue weighted by Gasteiger charge is -2.34. The van der Waals surface area contributed by atoms with Crippen molar-refractivity contribution >= 4 is 17.7 Å². The van der Waals surface area contributed by atoms with Crippen molar-refractivity contribution in [2.45, 2.75) is 44.1 Å². The van der Waals surface area contributed by atoms with Crippen LogP contribution in [-0.4, -0.2) is 41.2 Å². The highest BCUT2D eigenvalue weighted by atomic mass is 16.2. The minimum Gasteiger partial charge on any atom is -0.368 e. The summed E-state index contributed by atoms with van der Waals surface area (Å²) in [6.45, 7) is -0.615. The zero-order chi connectivity index (χ0) is 14.5. The summed E-state index contributed by atoms with van der Waals surface area (Å²) < 4.78 is 0. The Hall–Kier alpha value is -1.63. The van der Waals surface area contributed by atoms with Gasteiger partial charge in [-0.15, -0.1) is 0 Å². The Morgan fingerprint density at radius 1 is 0.947 bits per heavy atom. The van der Waals surface area contributed by atoms with Crippen molar-refractivity contribution in [3.8, 4) is 0 Å². The molecule has 1 aliphatic carbocycles. The lowest BCUT2D eigenvalue weighted by Crippen LogP contribution is -2.50. The lowest BCUT2D eigenvalue weighted by molar-refractivity contribution is -0.139. The number of amides is 3. The van der Waals surface area contributed by atoms with E-state index >= 15 is 0 Å². The molecule has 0 aromatic heterocycles. The van der Waals surface area contributed by atoms with Gasteiger partial charge in [0, 0.05) is 12.0 Å². The molecule has 1 aliphatic rings. The zero-order valence-electron chi connectivity index (χ0n) is 11.1. The summed E-state index contributed by atoms with van der Waals surface area (Å²) in [6, 6.07) is 0. The molecule has 1 rings (SSSR count). The maximum absolute atomic E-state index is 12.1. The SMILES string of the molecule is NC(=O)CN(CC(N)=O)C(=O)CC1(N)CCCCC1. The maximum atomic E-state index is 12.1. The van der Waals surface area contributed by atoms with Crippen LogP contribution in [0.15, 0.2) is 0 Å². The summed E-state index contributed by atoms with van der Waals surface area (Å²) in [4.78, 5) is 35.0. The second-order valence-electron chi connectivity index (χ2n) is 5.28. The Labute approximate surface area is 112 Å². The van der Waals surface area contributed by atoms with Crippen LogP contribution in [0.1, 0.15) is 38.5 Å². The Kier molecular flexibility index (Phi) is 5.29. The molecule has 1 saturated carbocycles. The van der Waals surface area contributed by atoms with Gasteiger partial charge in [-0.1, -0.05) is 19.3 Å². The van der Waals surface area contributed by atoms with Gasteiger partial charge in [-0.3, -0.25) is 14.4 Å². The Bertz CT molecular complexity index is 348. The van der Waals surface area contributed by atoms with Gasteiger partial charge in [-0.25, -0.2) is 0 Å². The third-order valence-corrected chi connectivity index (χ3v) is 3.40. The van der Waals surface area contributed by atoms with Crippen molar-refractivity contribution in [3.05, 3.63) is 0 Å². The van der Waals surface area contributed by atoms with E-state index in [-0.39, 0.29) is 25.4 Å². The Balaban J connectivity index is 2.64. The van der Waals surface area contributed by atoms with E-state index in [9.17, 15) is 14.4 Å². The highest BCUT2D eigenvalue weighted by Gasteiger charge is 2.32. The predicted octanol–water partition coefficient (Wildman–Crippen LogP) is -1.16. The van der Waals surface area contributed by atoms with Gasteiger partial charge in [0.1, 0.15) is 0 Å².